The minimum Gasteiger partial charge on any atom is -0.457 e. The Hall–Kier alpha value is -2.02. The molecule has 0 aliphatic heterocycles. The number of benzene rings is 2. The lowest BCUT2D eigenvalue weighted by Gasteiger charge is -2.11. The number of hydrogen-bond donors (Lipinski definition) is 0. The molecule has 0 radical (unpaired) electrons. The number of rotatable bonds is 4. The van der Waals surface area contributed by atoms with Gasteiger partial charge in [0.25, 0.3) is 0 Å². The zero-order chi connectivity index (χ0) is 13.7. The van der Waals surface area contributed by atoms with Gasteiger partial charge in [0.05, 0.1) is 0 Å². The van der Waals surface area contributed by atoms with Crippen LogP contribution in [0.15, 0.2) is 54.6 Å². The third kappa shape index (κ3) is 3.72. The molecule has 0 spiro atoms. The summed E-state index contributed by atoms with van der Waals surface area (Å²) in [6.45, 7) is 6.28. The van der Waals surface area contributed by atoms with Crippen molar-refractivity contribution in [3.8, 4) is 5.75 Å². The summed E-state index contributed by atoms with van der Waals surface area (Å²) in [7, 11) is 0. The fourth-order valence-corrected chi connectivity index (χ4v) is 1.85. The average Bonchev–Trinajstić information content (AvgIpc) is 2.42. The number of aryl methyl sites for hydroxylation is 2. The van der Waals surface area contributed by atoms with Gasteiger partial charge in [-0.3, -0.25) is 0 Å². The van der Waals surface area contributed by atoms with Crippen LogP contribution in [0.25, 0.3) is 5.76 Å². The monoisotopic (exact) mass is 252 g/mol. The predicted molar refractivity (Wildman–Crippen MR) is 81.3 cm³/mol. The summed E-state index contributed by atoms with van der Waals surface area (Å²) in [4.78, 5) is 0. The first-order chi connectivity index (χ1) is 9.19. The van der Waals surface area contributed by atoms with E-state index >= 15 is 0 Å². The molecule has 0 aromatic heterocycles. The maximum Gasteiger partial charge on any atom is 0.130 e. The first-order valence-electron chi connectivity index (χ1n) is 6.71. The van der Waals surface area contributed by atoms with Gasteiger partial charge < -0.3 is 4.74 Å². The molecule has 0 bridgehead atoms. The topological polar surface area (TPSA) is 9.23 Å². The van der Waals surface area contributed by atoms with Gasteiger partial charge in [0.15, 0.2) is 0 Å². The maximum atomic E-state index is 6.00. The standard InChI is InChI=1S/C18H20O/c1-4-5-18(16-10-6-14(2)7-11-16)19-17-12-8-15(3)9-13-17/h5-13H,4H2,1-3H3/b18-5+. The largest absolute Gasteiger partial charge is 0.457 e. The normalized spacial score (nSPS) is 11.4. The van der Waals surface area contributed by atoms with Gasteiger partial charge in [-0.15, -0.1) is 0 Å². The van der Waals surface area contributed by atoms with Gasteiger partial charge in [-0.05, 0) is 38.5 Å². The zero-order valence-corrected chi connectivity index (χ0v) is 11.8. The highest BCUT2D eigenvalue weighted by Gasteiger charge is 2.04. The van der Waals surface area contributed by atoms with Crippen molar-refractivity contribution in [3.05, 3.63) is 71.3 Å². The molecule has 0 atom stereocenters. The van der Waals surface area contributed by atoms with Crippen molar-refractivity contribution in [2.75, 3.05) is 0 Å². The molecule has 1 heteroatoms. The van der Waals surface area contributed by atoms with Gasteiger partial charge in [0, 0.05) is 5.56 Å². The third-order valence-electron chi connectivity index (χ3n) is 2.97. The molecule has 0 saturated heterocycles. The lowest BCUT2D eigenvalue weighted by molar-refractivity contribution is 0.513. The van der Waals surface area contributed by atoms with Gasteiger partial charge >= 0.3 is 0 Å². The number of ether oxygens (including phenoxy) is 1. The first-order valence-corrected chi connectivity index (χ1v) is 6.71. The van der Waals surface area contributed by atoms with Crippen LogP contribution < -0.4 is 4.74 Å². The quantitative estimate of drug-likeness (QED) is 0.685. The van der Waals surface area contributed by atoms with Crippen LogP contribution in [-0.2, 0) is 0 Å². The van der Waals surface area contributed by atoms with Gasteiger partial charge in [-0.2, -0.15) is 0 Å². The van der Waals surface area contributed by atoms with E-state index in [-0.39, 0.29) is 0 Å². The molecule has 0 aliphatic carbocycles. The van der Waals surface area contributed by atoms with E-state index < -0.39 is 0 Å². The molecule has 1 nitrogen and oxygen atoms in total. The van der Waals surface area contributed by atoms with Crippen molar-refractivity contribution < 1.29 is 4.74 Å². The number of hydrogen-bond acceptors (Lipinski definition) is 1. The lowest BCUT2D eigenvalue weighted by atomic mass is 10.1. The smallest absolute Gasteiger partial charge is 0.130 e. The lowest BCUT2D eigenvalue weighted by Crippen LogP contribution is -1.95. The highest BCUT2D eigenvalue weighted by atomic mass is 16.5. The molecule has 0 saturated carbocycles. The Balaban J connectivity index is 2.24. The van der Waals surface area contributed by atoms with Crippen LogP contribution in [0, 0.1) is 13.8 Å². The Kier molecular flexibility index (Phi) is 4.40. The van der Waals surface area contributed by atoms with Crippen molar-refractivity contribution in [1.82, 2.24) is 0 Å². The molecular weight excluding hydrogens is 232 g/mol. The SMILES string of the molecule is CC/C=C(/Oc1ccc(C)cc1)c1ccc(C)cc1. The summed E-state index contributed by atoms with van der Waals surface area (Å²) in [5.74, 6) is 1.80. The summed E-state index contributed by atoms with van der Waals surface area (Å²) < 4.78 is 6.00. The van der Waals surface area contributed by atoms with Crippen LogP contribution in [0.1, 0.15) is 30.0 Å². The van der Waals surface area contributed by atoms with E-state index in [4.69, 9.17) is 4.74 Å². The van der Waals surface area contributed by atoms with E-state index in [2.05, 4.69) is 63.2 Å². The molecule has 0 N–H and O–H groups in total. The van der Waals surface area contributed by atoms with Gasteiger partial charge in [0.2, 0.25) is 0 Å². The van der Waals surface area contributed by atoms with Crippen LogP contribution >= 0.6 is 0 Å². The van der Waals surface area contributed by atoms with Gasteiger partial charge in [-0.1, -0.05) is 54.4 Å². The average molecular weight is 252 g/mol. The Bertz CT molecular complexity index is 547. The Morgan fingerprint density at radius 2 is 1.42 bits per heavy atom. The molecule has 2 rings (SSSR count). The summed E-state index contributed by atoms with van der Waals surface area (Å²) in [5, 5.41) is 0. The highest BCUT2D eigenvalue weighted by Crippen LogP contribution is 2.22. The minimum absolute atomic E-state index is 0.880. The number of allylic oxidation sites excluding steroid dienone is 1. The third-order valence-corrected chi connectivity index (χ3v) is 2.97. The van der Waals surface area contributed by atoms with Crippen LogP contribution in [-0.4, -0.2) is 0 Å². The van der Waals surface area contributed by atoms with E-state index in [0.717, 1.165) is 23.5 Å². The van der Waals surface area contributed by atoms with Gasteiger partial charge in [-0.25, -0.2) is 0 Å². The van der Waals surface area contributed by atoms with E-state index in [1.165, 1.54) is 11.1 Å². The molecule has 0 heterocycles. The van der Waals surface area contributed by atoms with E-state index in [0.29, 0.717) is 0 Å². The highest BCUT2D eigenvalue weighted by molar-refractivity contribution is 5.62. The molecule has 2 aromatic carbocycles. The van der Waals surface area contributed by atoms with Crippen LogP contribution in [0.2, 0.25) is 0 Å². The molecule has 19 heavy (non-hydrogen) atoms. The van der Waals surface area contributed by atoms with Crippen LogP contribution in [0.3, 0.4) is 0 Å². The van der Waals surface area contributed by atoms with E-state index in [1.807, 2.05) is 12.1 Å². The van der Waals surface area contributed by atoms with Crippen molar-refractivity contribution in [2.24, 2.45) is 0 Å². The Labute approximate surface area is 115 Å². The molecule has 0 fully saturated rings. The van der Waals surface area contributed by atoms with Crippen molar-refractivity contribution in [1.29, 1.82) is 0 Å². The second-order valence-electron chi connectivity index (χ2n) is 4.76. The van der Waals surface area contributed by atoms with Crippen molar-refractivity contribution in [3.63, 3.8) is 0 Å². The predicted octanol–water partition coefficient (Wildman–Crippen LogP) is 5.13. The maximum absolute atomic E-state index is 6.00. The summed E-state index contributed by atoms with van der Waals surface area (Å²) in [6, 6.07) is 16.6. The van der Waals surface area contributed by atoms with Gasteiger partial charge in [0.1, 0.15) is 11.5 Å². The fraction of sp³-hybridized carbons (Fsp3) is 0.222. The van der Waals surface area contributed by atoms with E-state index in [1.54, 1.807) is 0 Å². The second-order valence-corrected chi connectivity index (χ2v) is 4.76. The van der Waals surface area contributed by atoms with Crippen molar-refractivity contribution >= 4 is 5.76 Å². The van der Waals surface area contributed by atoms with E-state index in [9.17, 15) is 0 Å². The minimum atomic E-state index is 0.880. The first kappa shape index (κ1) is 13.4. The Morgan fingerprint density at radius 3 is 1.95 bits per heavy atom. The molecular formula is C18H20O. The molecule has 2 aromatic rings. The molecule has 0 aliphatic rings. The molecule has 98 valence electrons. The zero-order valence-electron chi connectivity index (χ0n) is 11.8. The summed E-state index contributed by atoms with van der Waals surface area (Å²) >= 11 is 0. The van der Waals surface area contributed by atoms with Crippen LogP contribution in [0.4, 0.5) is 0 Å². The molecule has 0 unspecified atom stereocenters. The van der Waals surface area contributed by atoms with Crippen LogP contribution in [0.5, 0.6) is 5.75 Å². The van der Waals surface area contributed by atoms with Crippen molar-refractivity contribution in [2.45, 2.75) is 27.2 Å². The summed E-state index contributed by atoms with van der Waals surface area (Å²) in [5.41, 5.74) is 3.62. The summed E-state index contributed by atoms with van der Waals surface area (Å²) in [6.07, 6.45) is 3.07. The second kappa shape index (κ2) is 6.24. The Morgan fingerprint density at radius 1 is 0.895 bits per heavy atom. The fourth-order valence-electron chi connectivity index (χ4n) is 1.85. The molecule has 0 amide bonds.